The van der Waals surface area contributed by atoms with Crippen LogP contribution in [0, 0.1) is 0 Å². The maximum Gasteiger partial charge on any atom is 0.0438 e. The van der Waals surface area contributed by atoms with E-state index in [1.54, 1.807) is 0 Å². The van der Waals surface area contributed by atoms with Crippen molar-refractivity contribution in [1.29, 1.82) is 0 Å². The van der Waals surface area contributed by atoms with Crippen LogP contribution < -0.4 is 5.32 Å². The van der Waals surface area contributed by atoms with Crippen molar-refractivity contribution in [2.45, 2.75) is 25.3 Å². The Hall–Kier alpha value is -0.530. The molecule has 0 radical (unpaired) electrons. The van der Waals surface area contributed by atoms with Crippen molar-refractivity contribution in [3.05, 3.63) is 34.9 Å². The third kappa shape index (κ3) is 2.23. The molecule has 2 rings (SSSR count). The van der Waals surface area contributed by atoms with Crippen LogP contribution in [0.3, 0.4) is 0 Å². The molecule has 0 spiro atoms. The highest BCUT2D eigenvalue weighted by Crippen LogP contribution is 2.19. The van der Waals surface area contributed by atoms with Gasteiger partial charge in [-0.1, -0.05) is 29.8 Å². The number of nitrogens with one attached hydrogen (secondary N) is 1. The molecule has 2 heteroatoms. The molecule has 1 atom stereocenters. The molecular weight excluding hydrogens is 182 g/mol. The van der Waals surface area contributed by atoms with Crippen LogP contribution in [-0.2, 0) is 6.42 Å². The summed E-state index contributed by atoms with van der Waals surface area (Å²) < 4.78 is 0. The SMILES string of the molecule is Clc1ccccc1C[C@@H]1CCCN1. The van der Waals surface area contributed by atoms with E-state index in [0.717, 1.165) is 18.0 Å². The van der Waals surface area contributed by atoms with Crippen LogP contribution >= 0.6 is 11.6 Å². The standard InChI is InChI=1S/C11H14ClN/c12-11-6-2-1-4-9(11)8-10-5-3-7-13-10/h1-2,4,6,10,13H,3,5,7-8H2/t10-/m0/s1. The fourth-order valence-electron chi connectivity index (χ4n) is 1.86. The molecule has 1 N–H and O–H groups in total. The van der Waals surface area contributed by atoms with Gasteiger partial charge in [-0.25, -0.2) is 0 Å². The summed E-state index contributed by atoms with van der Waals surface area (Å²) in [6.07, 6.45) is 3.65. The van der Waals surface area contributed by atoms with Crippen molar-refractivity contribution in [2.24, 2.45) is 0 Å². The molecule has 0 aliphatic carbocycles. The van der Waals surface area contributed by atoms with Gasteiger partial charge in [0.2, 0.25) is 0 Å². The van der Waals surface area contributed by atoms with E-state index < -0.39 is 0 Å². The molecule has 0 unspecified atom stereocenters. The summed E-state index contributed by atoms with van der Waals surface area (Å²) >= 11 is 6.07. The van der Waals surface area contributed by atoms with E-state index in [9.17, 15) is 0 Å². The average molecular weight is 196 g/mol. The van der Waals surface area contributed by atoms with Gasteiger partial charge in [0.15, 0.2) is 0 Å². The third-order valence-corrected chi connectivity index (χ3v) is 2.96. The largest absolute Gasteiger partial charge is 0.314 e. The highest BCUT2D eigenvalue weighted by atomic mass is 35.5. The summed E-state index contributed by atoms with van der Waals surface area (Å²) in [5, 5.41) is 4.37. The van der Waals surface area contributed by atoms with Gasteiger partial charge < -0.3 is 5.32 Å². The molecular formula is C11H14ClN. The zero-order chi connectivity index (χ0) is 9.10. The molecule has 0 aromatic heterocycles. The van der Waals surface area contributed by atoms with Crippen LogP contribution in [0.15, 0.2) is 24.3 Å². The zero-order valence-corrected chi connectivity index (χ0v) is 8.35. The van der Waals surface area contributed by atoms with E-state index in [1.165, 1.54) is 18.4 Å². The molecule has 0 bridgehead atoms. The molecule has 1 aliphatic rings. The molecule has 1 nitrogen and oxygen atoms in total. The maximum atomic E-state index is 6.07. The predicted octanol–water partition coefficient (Wildman–Crippen LogP) is 2.63. The Labute approximate surface area is 84.1 Å². The molecule has 1 aromatic carbocycles. The fraction of sp³-hybridized carbons (Fsp3) is 0.455. The first-order valence-corrected chi connectivity index (χ1v) is 5.21. The van der Waals surface area contributed by atoms with Crippen molar-refractivity contribution in [3.63, 3.8) is 0 Å². The molecule has 1 saturated heterocycles. The van der Waals surface area contributed by atoms with Crippen molar-refractivity contribution < 1.29 is 0 Å². The lowest BCUT2D eigenvalue weighted by atomic mass is 10.0. The van der Waals surface area contributed by atoms with E-state index in [0.29, 0.717) is 6.04 Å². The minimum absolute atomic E-state index is 0.639. The summed E-state index contributed by atoms with van der Waals surface area (Å²) in [7, 11) is 0. The molecule has 0 amide bonds. The van der Waals surface area contributed by atoms with Crippen molar-refractivity contribution in [1.82, 2.24) is 5.32 Å². The van der Waals surface area contributed by atoms with Crippen molar-refractivity contribution >= 4 is 11.6 Å². The average Bonchev–Trinajstić information content (AvgIpc) is 2.61. The van der Waals surface area contributed by atoms with E-state index in [-0.39, 0.29) is 0 Å². The third-order valence-electron chi connectivity index (χ3n) is 2.59. The summed E-state index contributed by atoms with van der Waals surface area (Å²) in [5.41, 5.74) is 1.27. The Kier molecular flexibility index (Phi) is 2.87. The first kappa shape index (κ1) is 9.04. The van der Waals surface area contributed by atoms with E-state index in [4.69, 9.17) is 11.6 Å². The van der Waals surface area contributed by atoms with Crippen LogP contribution in [0.4, 0.5) is 0 Å². The maximum absolute atomic E-state index is 6.07. The minimum Gasteiger partial charge on any atom is -0.314 e. The van der Waals surface area contributed by atoms with E-state index >= 15 is 0 Å². The lowest BCUT2D eigenvalue weighted by Gasteiger charge is -2.10. The summed E-state index contributed by atoms with van der Waals surface area (Å²) in [4.78, 5) is 0. The Balaban J connectivity index is 2.04. The summed E-state index contributed by atoms with van der Waals surface area (Å²) in [5.74, 6) is 0. The first-order chi connectivity index (χ1) is 6.36. The van der Waals surface area contributed by atoms with Crippen LogP contribution in [-0.4, -0.2) is 12.6 Å². The molecule has 1 aliphatic heterocycles. The fourth-order valence-corrected chi connectivity index (χ4v) is 2.07. The highest BCUT2D eigenvalue weighted by Gasteiger charge is 2.15. The van der Waals surface area contributed by atoms with Crippen molar-refractivity contribution in [3.8, 4) is 0 Å². The number of hydrogen-bond donors (Lipinski definition) is 1. The normalized spacial score (nSPS) is 22.1. The minimum atomic E-state index is 0.639. The van der Waals surface area contributed by atoms with Gasteiger partial charge in [0.25, 0.3) is 0 Å². The Morgan fingerprint density at radius 1 is 1.38 bits per heavy atom. The summed E-state index contributed by atoms with van der Waals surface area (Å²) in [6, 6.07) is 8.75. The smallest absolute Gasteiger partial charge is 0.0438 e. The summed E-state index contributed by atoms with van der Waals surface area (Å²) in [6.45, 7) is 1.16. The highest BCUT2D eigenvalue weighted by molar-refractivity contribution is 6.31. The molecule has 13 heavy (non-hydrogen) atoms. The lowest BCUT2D eigenvalue weighted by Crippen LogP contribution is -2.23. The Morgan fingerprint density at radius 2 is 2.23 bits per heavy atom. The number of hydrogen-bond acceptors (Lipinski definition) is 1. The topological polar surface area (TPSA) is 12.0 Å². The second kappa shape index (κ2) is 4.12. The second-order valence-corrected chi connectivity index (χ2v) is 4.00. The van der Waals surface area contributed by atoms with E-state index in [2.05, 4.69) is 17.4 Å². The van der Waals surface area contributed by atoms with E-state index in [1.807, 2.05) is 12.1 Å². The Bertz CT molecular complexity index is 279. The van der Waals surface area contributed by atoms with Gasteiger partial charge in [-0.15, -0.1) is 0 Å². The van der Waals surface area contributed by atoms with Gasteiger partial charge in [-0.05, 0) is 37.4 Å². The second-order valence-electron chi connectivity index (χ2n) is 3.59. The van der Waals surface area contributed by atoms with Crippen molar-refractivity contribution in [2.75, 3.05) is 6.54 Å². The molecule has 0 saturated carbocycles. The Morgan fingerprint density at radius 3 is 2.92 bits per heavy atom. The monoisotopic (exact) mass is 195 g/mol. The van der Waals surface area contributed by atoms with Crippen LogP contribution in [0.1, 0.15) is 18.4 Å². The molecule has 70 valence electrons. The quantitative estimate of drug-likeness (QED) is 0.765. The van der Waals surface area contributed by atoms with Gasteiger partial charge in [0.05, 0.1) is 0 Å². The van der Waals surface area contributed by atoms with Crippen LogP contribution in [0.2, 0.25) is 5.02 Å². The zero-order valence-electron chi connectivity index (χ0n) is 7.59. The first-order valence-electron chi connectivity index (χ1n) is 4.83. The van der Waals surface area contributed by atoms with Gasteiger partial charge in [-0.3, -0.25) is 0 Å². The molecule has 1 fully saturated rings. The predicted molar refractivity (Wildman–Crippen MR) is 56.2 cm³/mol. The van der Waals surface area contributed by atoms with Gasteiger partial charge in [-0.2, -0.15) is 0 Å². The van der Waals surface area contributed by atoms with Gasteiger partial charge in [0, 0.05) is 11.1 Å². The van der Waals surface area contributed by atoms with Gasteiger partial charge >= 0.3 is 0 Å². The van der Waals surface area contributed by atoms with Crippen LogP contribution in [0.25, 0.3) is 0 Å². The number of halogens is 1. The molecule has 1 aromatic rings. The number of rotatable bonds is 2. The van der Waals surface area contributed by atoms with Crippen LogP contribution in [0.5, 0.6) is 0 Å². The molecule has 1 heterocycles. The van der Waals surface area contributed by atoms with Gasteiger partial charge in [0.1, 0.15) is 0 Å². The number of benzene rings is 1. The lowest BCUT2D eigenvalue weighted by molar-refractivity contribution is 0.603.